The summed E-state index contributed by atoms with van der Waals surface area (Å²) in [6.45, 7) is 20.3. The van der Waals surface area contributed by atoms with Crippen molar-refractivity contribution in [3.8, 4) is 5.75 Å². The maximum atomic E-state index is 6.29. The Morgan fingerprint density at radius 1 is 0.913 bits per heavy atom. The molecule has 0 bridgehead atoms. The minimum Gasteiger partial charge on any atom is -0.488 e. The van der Waals surface area contributed by atoms with Gasteiger partial charge in [0.2, 0.25) is 0 Å². The molecular weight excluding hydrogens is 299 g/mol. The van der Waals surface area contributed by atoms with Gasteiger partial charge in [0.1, 0.15) is 11.4 Å². The molecular formula is C21H37OP. The molecule has 132 valence electrons. The summed E-state index contributed by atoms with van der Waals surface area (Å²) in [4.78, 5) is 0. The summed E-state index contributed by atoms with van der Waals surface area (Å²) in [5.41, 5.74) is 4.29. The van der Waals surface area contributed by atoms with Crippen LogP contribution < -0.4 is 4.74 Å². The van der Waals surface area contributed by atoms with Crippen LogP contribution in [0.3, 0.4) is 0 Å². The monoisotopic (exact) mass is 336 g/mol. The topological polar surface area (TPSA) is 9.23 Å². The predicted molar refractivity (Wildman–Crippen MR) is 107 cm³/mol. The second kappa shape index (κ2) is 7.14. The zero-order chi connectivity index (χ0) is 18.1. The van der Waals surface area contributed by atoms with E-state index in [1.165, 1.54) is 29.5 Å². The molecule has 1 aromatic rings. The van der Waals surface area contributed by atoms with Crippen molar-refractivity contribution in [3.05, 3.63) is 28.8 Å². The molecule has 1 aromatic carbocycles. The fourth-order valence-corrected chi connectivity index (χ4v) is 3.47. The van der Waals surface area contributed by atoms with Gasteiger partial charge in [0, 0.05) is 0 Å². The molecule has 0 aliphatic carbocycles. The summed E-state index contributed by atoms with van der Waals surface area (Å²) >= 11 is 0. The number of benzene rings is 1. The van der Waals surface area contributed by atoms with Crippen LogP contribution in [0.15, 0.2) is 12.1 Å². The van der Waals surface area contributed by atoms with Gasteiger partial charge in [-0.15, -0.1) is 9.24 Å². The Bertz CT molecular complexity index is 530. The number of hydrogen-bond donors (Lipinski definition) is 0. The normalized spacial score (nSPS) is 13.3. The standard InChI is InChI=1S/C21H37OP/c1-10-11-21(8,9)17-13-18(22-20(5,6)7)15(14-23)12-16(17)19(2,3)4/h12-13H,10-11,14,23H2,1-9H3. The first-order chi connectivity index (χ1) is 10.3. The minimum absolute atomic E-state index is 0.134. The van der Waals surface area contributed by atoms with E-state index in [2.05, 4.69) is 83.7 Å². The summed E-state index contributed by atoms with van der Waals surface area (Å²) in [7, 11) is 2.85. The number of rotatable bonds is 5. The molecule has 1 unspecified atom stereocenters. The predicted octanol–water partition coefficient (Wildman–Crippen LogP) is 6.61. The van der Waals surface area contributed by atoms with E-state index in [4.69, 9.17) is 4.74 Å². The molecule has 0 spiro atoms. The lowest BCUT2D eigenvalue weighted by atomic mass is 9.72. The highest BCUT2D eigenvalue weighted by Gasteiger charge is 2.30. The molecule has 0 heterocycles. The first-order valence-corrected chi connectivity index (χ1v) is 9.70. The van der Waals surface area contributed by atoms with Crippen LogP contribution in [0.1, 0.15) is 91.8 Å². The largest absolute Gasteiger partial charge is 0.488 e. The van der Waals surface area contributed by atoms with Crippen molar-refractivity contribution in [2.24, 2.45) is 0 Å². The molecule has 0 fully saturated rings. The van der Waals surface area contributed by atoms with Gasteiger partial charge in [0.05, 0.1) is 0 Å². The van der Waals surface area contributed by atoms with E-state index in [0.717, 1.165) is 11.9 Å². The van der Waals surface area contributed by atoms with Crippen molar-refractivity contribution in [1.29, 1.82) is 0 Å². The van der Waals surface area contributed by atoms with E-state index in [1.807, 2.05) is 0 Å². The smallest absolute Gasteiger partial charge is 0.123 e. The van der Waals surface area contributed by atoms with Crippen LogP contribution in [0, 0.1) is 0 Å². The van der Waals surface area contributed by atoms with Gasteiger partial charge in [-0.05, 0) is 66.9 Å². The quantitative estimate of drug-likeness (QED) is 0.549. The van der Waals surface area contributed by atoms with Crippen LogP contribution in [-0.4, -0.2) is 5.60 Å². The van der Waals surface area contributed by atoms with Crippen LogP contribution in [0.5, 0.6) is 5.75 Å². The fourth-order valence-electron chi connectivity index (χ4n) is 3.15. The summed E-state index contributed by atoms with van der Waals surface area (Å²) < 4.78 is 6.29. The SMILES string of the molecule is CCCC(C)(C)c1cc(OC(C)(C)C)c(CP)cc1C(C)(C)C. The van der Waals surface area contributed by atoms with Crippen molar-refractivity contribution < 1.29 is 4.74 Å². The van der Waals surface area contributed by atoms with E-state index in [-0.39, 0.29) is 16.4 Å². The van der Waals surface area contributed by atoms with Gasteiger partial charge in [0.15, 0.2) is 0 Å². The lowest BCUT2D eigenvalue weighted by Gasteiger charge is -2.35. The molecule has 1 nitrogen and oxygen atoms in total. The van der Waals surface area contributed by atoms with Crippen molar-refractivity contribution in [1.82, 2.24) is 0 Å². The molecule has 0 saturated heterocycles. The Hall–Kier alpha value is -0.550. The lowest BCUT2D eigenvalue weighted by molar-refractivity contribution is 0.129. The van der Waals surface area contributed by atoms with Crippen molar-refractivity contribution in [2.45, 2.75) is 97.7 Å². The zero-order valence-electron chi connectivity index (χ0n) is 16.8. The molecule has 23 heavy (non-hydrogen) atoms. The zero-order valence-corrected chi connectivity index (χ0v) is 17.9. The molecule has 0 saturated carbocycles. The number of ether oxygens (including phenoxy) is 1. The third-order valence-electron chi connectivity index (χ3n) is 4.25. The van der Waals surface area contributed by atoms with Crippen LogP contribution in [0.2, 0.25) is 0 Å². The van der Waals surface area contributed by atoms with Crippen LogP contribution >= 0.6 is 9.24 Å². The van der Waals surface area contributed by atoms with Gasteiger partial charge in [-0.1, -0.05) is 54.0 Å². The molecule has 0 aromatic heterocycles. The average molecular weight is 337 g/mol. The Labute approximate surface area is 146 Å². The van der Waals surface area contributed by atoms with E-state index in [9.17, 15) is 0 Å². The van der Waals surface area contributed by atoms with Crippen molar-refractivity contribution >= 4 is 9.24 Å². The Morgan fingerprint density at radius 3 is 1.87 bits per heavy atom. The molecule has 0 aliphatic rings. The van der Waals surface area contributed by atoms with Gasteiger partial charge in [-0.3, -0.25) is 0 Å². The van der Waals surface area contributed by atoms with E-state index >= 15 is 0 Å². The summed E-state index contributed by atoms with van der Waals surface area (Å²) in [6.07, 6.45) is 3.30. The highest BCUT2D eigenvalue weighted by atomic mass is 31.0. The van der Waals surface area contributed by atoms with E-state index in [1.54, 1.807) is 0 Å². The third-order valence-corrected chi connectivity index (χ3v) is 4.69. The summed E-state index contributed by atoms with van der Waals surface area (Å²) in [5.74, 6) is 1.04. The molecule has 0 amide bonds. The van der Waals surface area contributed by atoms with E-state index in [0.29, 0.717) is 0 Å². The third kappa shape index (κ3) is 5.49. The maximum absolute atomic E-state index is 6.29. The van der Waals surface area contributed by atoms with Gasteiger partial charge >= 0.3 is 0 Å². The number of hydrogen-bond acceptors (Lipinski definition) is 1. The Kier molecular flexibility index (Phi) is 6.36. The van der Waals surface area contributed by atoms with Crippen LogP contribution in [-0.2, 0) is 17.0 Å². The van der Waals surface area contributed by atoms with Gasteiger partial charge in [-0.25, -0.2) is 0 Å². The summed E-state index contributed by atoms with van der Waals surface area (Å²) in [5, 5.41) is 0. The average Bonchev–Trinajstić information content (AvgIpc) is 2.35. The summed E-state index contributed by atoms with van der Waals surface area (Å²) in [6, 6.07) is 4.70. The van der Waals surface area contributed by atoms with Gasteiger partial charge in [0.25, 0.3) is 0 Å². The van der Waals surface area contributed by atoms with Gasteiger partial charge < -0.3 is 4.74 Å². The lowest BCUT2D eigenvalue weighted by Crippen LogP contribution is -2.27. The first-order valence-electron chi connectivity index (χ1n) is 8.89. The van der Waals surface area contributed by atoms with Crippen LogP contribution in [0.25, 0.3) is 0 Å². The van der Waals surface area contributed by atoms with E-state index < -0.39 is 0 Å². The van der Waals surface area contributed by atoms with Gasteiger partial charge in [-0.2, -0.15) is 0 Å². The fraction of sp³-hybridized carbons (Fsp3) is 0.714. The Morgan fingerprint density at radius 2 is 1.48 bits per heavy atom. The first kappa shape index (κ1) is 20.5. The molecule has 1 atom stereocenters. The molecule has 0 radical (unpaired) electrons. The molecule has 2 heteroatoms. The molecule has 1 rings (SSSR count). The highest BCUT2D eigenvalue weighted by Crippen LogP contribution is 2.41. The van der Waals surface area contributed by atoms with Crippen LogP contribution in [0.4, 0.5) is 0 Å². The second-order valence-electron chi connectivity index (χ2n) is 9.31. The maximum Gasteiger partial charge on any atom is 0.123 e. The van der Waals surface area contributed by atoms with Crippen molar-refractivity contribution in [2.75, 3.05) is 0 Å². The minimum atomic E-state index is -0.177. The molecule has 0 aliphatic heterocycles. The second-order valence-corrected chi connectivity index (χ2v) is 9.72. The highest BCUT2D eigenvalue weighted by molar-refractivity contribution is 7.15. The van der Waals surface area contributed by atoms with Crippen molar-refractivity contribution in [3.63, 3.8) is 0 Å². The molecule has 0 N–H and O–H groups in total. The Balaban J connectivity index is 3.59.